The molecule has 0 radical (unpaired) electrons. The first-order valence-electron chi connectivity index (χ1n) is 8.02. The molecule has 2 aliphatic rings. The lowest BCUT2D eigenvalue weighted by Crippen LogP contribution is -2.10. The molecule has 0 bridgehead atoms. The topological polar surface area (TPSA) is 82.5 Å². The van der Waals surface area contributed by atoms with Crippen LogP contribution in [0.15, 0.2) is 42.9 Å². The van der Waals surface area contributed by atoms with Crippen molar-refractivity contribution in [1.29, 1.82) is 0 Å². The Labute approximate surface area is 164 Å². The van der Waals surface area contributed by atoms with E-state index in [1.807, 2.05) is 0 Å². The summed E-state index contributed by atoms with van der Waals surface area (Å²) in [4.78, 5) is 17.3. The standard InChI is InChI=1S/C18H13Cl2FN6/c19-13-5-6-23-16(20)12(13)8-27-9-24-17(22)15-18(27)26-14(25-15)7-10-1-3-11(21)4-2-10/h1-6,9H,7-8,22H2. The highest BCUT2D eigenvalue weighted by atomic mass is 35.5. The number of anilines is 1. The molecule has 4 rings (SSSR count). The third-order valence-corrected chi connectivity index (χ3v) is 4.77. The normalized spacial score (nSPS) is 11.2. The number of pyridine rings is 1. The summed E-state index contributed by atoms with van der Waals surface area (Å²) < 4.78 is 14.9. The third kappa shape index (κ3) is 3.56. The molecule has 27 heavy (non-hydrogen) atoms. The largest absolute Gasteiger partial charge is 0.382 e. The molecule has 6 nitrogen and oxygen atoms in total. The number of nitrogen functional groups attached to an aromatic ring is 1. The molecule has 0 saturated heterocycles. The number of hydrogen-bond donors (Lipinski definition) is 1. The Hall–Kier alpha value is -2.77. The number of hydrogen-bond acceptors (Lipinski definition) is 5. The highest BCUT2D eigenvalue weighted by molar-refractivity contribution is 6.35. The third-order valence-electron chi connectivity index (χ3n) is 4.09. The predicted molar refractivity (Wildman–Crippen MR) is 101 cm³/mol. The van der Waals surface area contributed by atoms with Gasteiger partial charge in [0.25, 0.3) is 0 Å². The molecule has 0 amide bonds. The van der Waals surface area contributed by atoms with Gasteiger partial charge < -0.3 is 10.3 Å². The zero-order valence-electron chi connectivity index (χ0n) is 13.9. The molecule has 1 aromatic carbocycles. The molecule has 3 heterocycles. The average molecular weight is 403 g/mol. The van der Waals surface area contributed by atoms with Crippen molar-refractivity contribution in [2.75, 3.05) is 5.73 Å². The summed E-state index contributed by atoms with van der Waals surface area (Å²) in [6.07, 6.45) is 3.55. The lowest BCUT2D eigenvalue weighted by Gasteiger charge is -2.12. The molecule has 0 saturated carbocycles. The molecule has 0 spiro atoms. The summed E-state index contributed by atoms with van der Waals surface area (Å²) in [6, 6.07) is 7.87. The van der Waals surface area contributed by atoms with Gasteiger partial charge in [0.1, 0.15) is 16.8 Å². The monoisotopic (exact) mass is 402 g/mol. The number of halogens is 3. The first kappa shape index (κ1) is 17.6. The Morgan fingerprint density at radius 3 is 2.56 bits per heavy atom. The molecular formula is C18H13Cl2FN6. The molecule has 2 aromatic rings. The second kappa shape index (κ2) is 7.09. The van der Waals surface area contributed by atoms with Gasteiger partial charge in [-0.05, 0) is 23.8 Å². The van der Waals surface area contributed by atoms with Gasteiger partial charge in [-0.3, -0.25) is 0 Å². The lowest BCUT2D eigenvalue weighted by atomic mass is 10.1. The van der Waals surface area contributed by atoms with Crippen LogP contribution in [0.1, 0.15) is 17.0 Å². The summed E-state index contributed by atoms with van der Waals surface area (Å²) in [5.41, 5.74) is 8.00. The van der Waals surface area contributed by atoms with Gasteiger partial charge >= 0.3 is 0 Å². The van der Waals surface area contributed by atoms with Crippen LogP contribution in [-0.2, 0) is 13.0 Å². The van der Waals surface area contributed by atoms with Crippen LogP contribution in [-0.4, -0.2) is 24.5 Å². The number of nitrogens with zero attached hydrogens (tertiary/aromatic N) is 5. The number of rotatable bonds is 4. The molecule has 136 valence electrons. The van der Waals surface area contributed by atoms with Crippen LogP contribution in [0.25, 0.3) is 11.5 Å². The minimum Gasteiger partial charge on any atom is -0.382 e. The van der Waals surface area contributed by atoms with E-state index in [9.17, 15) is 4.39 Å². The molecule has 0 atom stereocenters. The minimum absolute atomic E-state index is 0.280. The van der Waals surface area contributed by atoms with Crippen molar-refractivity contribution in [2.45, 2.75) is 13.0 Å². The minimum atomic E-state index is -0.288. The van der Waals surface area contributed by atoms with E-state index in [2.05, 4.69) is 19.9 Å². The van der Waals surface area contributed by atoms with E-state index in [0.29, 0.717) is 46.0 Å². The van der Waals surface area contributed by atoms with Crippen molar-refractivity contribution in [3.8, 4) is 11.5 Å². The highest BCUT2D eigenvalue weighted by Crippen LogP contribution is 2.28. The molecule has 2 N–H and O–H groups in total. The number of aromatic nitrogens is 5. The van der Waals surface area contributed by atoms with Gasteiger partial charge in [-0.15, -0.1) is 0 Å². The van der Waals surface area contributed by atoms with Gasteiger partial charge in [-0.1, -0.05) is 35.3 Å². The van der Waals surface area contributed by atoms with Crippen molar-refractivity contribution in [3.05, 3.63) is 75.8 Å². The number of benzene rings is 1. The maximum absolute atomic E-state index is 13.1. The number of nitrogens with two attached hydrogens (primary N) is 1. The van der Waals surface area contributed by atoms with Crippen LogP contribution in [0.3, 0.4) is 0 Å². The van der Waals surface area contributed by atoms with Crippen LogP contribution >= 0.6 is 23.2 Å². The van der Waals surface area contributed by atoms with E-state index < -0.39 is 0 Å². The number of fused-ring (bicyclic) bond motifs is 1. The van der Waals surface area contributed by atoms with Gasteiger partial charge in [-0.2, -0.15) is 0 Å². The molecule has 9 heteroatoms. The first-order valence-corrected chi connectivity index (χ1v) is 8.77. The second-order valence-corrected chi connectivity index (χ2v) is 6.70. The van der Waals surface area contributed by atoms with Crippen molar-refractivity contribution >= 4 is 29.0 Å². The van der Waals surface area contributed by atoms with Crippen LogP contribution in [0.5, 0.6) is 0 Å². The fraction of sp³-hybridized carbons (Fsp3) is 0.111. The molecule has 1 aromatic heterocycles. The first-order chi connectivity index (χ1) is 13.0. The SMILES string of the molecule is Nc1ncn(Cc2c(Cl)ccnc2Cl)c2nc(Cc3ccc(F)cc3)nc1-2. The summed E-state index contributed by atoms with van der Waals surface area (Å²) in [6.45, 7) is 0.323. The molecule has 0 aliphatic carbocycles. The van der Waals surface area contributed by atoms with Gasteiger partial charge in [-0.25, -0.2) is 24.3 Å². The Balaban J connectivity index is 1.71. The van der Waals surface area contributed by atoms with E-state index in [1.54, 1.807) is 35.3 Å². The van der Waals surface area contributed by atoms with Crippen LogP contribution < -0.4 is 5.73 Å². The van der Waals surface area contributed by atoms with Gasteiger partial charge in [0.2, 0.25) is 0 Å². The van der Waals surface area contributed by atoms with Crippen LogP contribution in [0, 0.1) is 5.82 Å². The quantitative estimate of drug-likeness (QED) is 0.524. The molecule has 0 unspecified atom stereocenters. The van der Waals surface area contributed by atoms with E-state index in [-0.39, 0.29) is 11.6 Å². The molecule has 0 fully saturated rings. The maximum atomic E-state index is 13.1. The smallest absolute Gasteiger partial charge is 0.166 e. The Morgan fingerprint density at radius 2 is 1.81 bits per heavy atom. The van der Waals surface area contributed by atoms with Crippen molar-refractivity contribution in [2.24, 2.45) is 0 Å². The van der Waals surface area contributed by atoms with Crippen molar-refractivity contribution in [1.82, 2.24) is 24.5 Å². The Bertz CT molecular complexity index is 1060. The van der Waals surface area contributed by atoms with Gasteiger partial charge in [0.15, 0.2) is 17.3 Å². The Morgan fingerprint density at radius 1 is 1.04 bits per heavy atom. The van der Waals surface area contributed by atoms with E-state index in [4.69, 9.17) is 28.9 Å². The van der Waals surface area contributed by atoms with Gasteiger partial charge in [0, 0.05) is 18.2 Å². The van der Waals surface area contributed by atoms with E-state index >= 15 is 0 Å². The summed E-state index contributed by atoms with van der Waals surface area (Å²) >= 11 is 12.4. The summed E-state index contributed by atoms with van der Waals surface area (Å²) in [5, 5.41) is 0.810. The van der Waals surface area contributed by atoms with Crippen LogP contribution in [0.2, 0.25) is 10.2 Å². The van der Waals surface area contributed by atoms with Crippen LogP contribution in [0.4, 0.5) is 10.2 Å². The molecule has 2 aliphatic heterocycles. The summed E-state index contributed by atoms with van der Waals surface area (Å²) in [5.74, 6) is 1.12. The van der Waals surface area contributed by atoms with Crippen molar-refractivity contribution < 1.29 is 4.39 Å². The lowest BCUT2D eigenvalue weighted by molar-refractivity contribution is 0.627. The zero-order valence-corrected chi connectivity index (χ0v) is 15.4. The highest BCUT2D eigenvalue weighted by Gasteiger charge is 2.20. The van der Waals surface area contributed by atoms with Gasteiger partial charge in [0.05, 0.1) is 17.9 Å². The van der Waals surface area contributed by atoms with E-state index in [1.165, 1.54) is 12.1 Å². The van der Waals surface area contributed by atoms with E-state index in [0.717, 1.165) is 5.56 Å². The second-order valence-electron chi connectivity index (χ2n) is 5.94. The molecular weight excluding hydrogens is 390 g/mol. The number of imidazole rings is 1. The summed E-state index contributed by atoms with van der Waals surface area (Å²) in [7, 11) is 0. The predicted octanol–water partition coefficient (Wildman–Crippen LogP) is 3.84. The zero-order chi connectivity index (χ0) is 19.0. The fourth-order valence-corrected chi connectivity index (χ4v) is 3.21. The fourth-order valence-electron chi connectivity index (χ4n) is 2.73. The Kier molecular flexibility index (Phi) is 4.63. The average Bonchev–Trinajstić information content (AvgIpc) is 3.07. The van der Waals surface area contributed by atoms with Crippen molar-refractivity contribution in [3.63, 3.8) is 0 Å². The maximum Gasteiger partial charge on any atom is 0.166 e.